The van der Waals surface area contributed by atoms with Gasteiger partial charge in [0, 0.05) is 14.5 Å². The van der Waals surface area contributed by atoms with Gasteiger partial charge >= 0.3 is 0 Å². The zero-order valence-corrected chi connectivity index (χ0v) is 21.7. The average molecular weight is 466 g/mol. The van der Waals surface area contributed by atoms with E-state index in [0.29, 0.717) is 12.1 Å². The van der Waals surface area contributed by atoms with Gasteiger partial charge in [-0.05, 0) is 46.7 Å². The van der Waals surface area contributed by atoms with Crippen LogP contribution in [0, 0.1) is 0 Å². The highest BCUT2D eigenvalue weighted by Gasteiger charge is 2.31. The molecule has 0 spiro atoms. The second-order valence-electron chi connectivity index (χ2n) is 10.2. The lowest BCUT2D eigenvalue weighted by Crippen LogP contribution is -2.44. The van der Waals surface area contributed by atoms with Crippen LogP contribution in [-0.4, -0.2) is 19.6 Å². The first kappa shape index (κ1) is 23.4. The quantitative estimate of drug-likeness (QED) is 0.397. The zero-order valence-electron chi connectivity index (χ0n) is 20.7. The lowest BCUT2D eigenvalue weighted by molar-refractivity contribution is 0.486. The molecule has 34 heavy (non-hydrogen) atoms. The fraction of sp³-hybridized carbons (Fsp3) is 0.406. The van der Waals surface area contributed by atoms with Crippen LogP contribution in [0.25, 0.3) is 11.1 Å². The first-order valence-electron chi connectivity index (χ1n) is 13.5. The molecule has 0 saturated heterocycles. The summed E-state index contributed by atoms with van der Waals surface area (Å²) >= 11 is 0. The van der Waals surface area contributed by atoms with Crippen molar-refractivity contribution in [1.82, 2.24) is 5.32 Å². The number of nitrogens with one attached hydrogen (secondary N) is 1. The normalized spacial score (nSPS) is 21.1. The topological polar surface area (TPSA) is 12.0 Å². The van der Waals surface area contributed by atoms with Crippen LogP contribution in [0.1, 0.15) is 81.4 Å². The van der Waals surface area contributed by atoms with Crippen LogP contribution in [0.3, 0.4) is 0 Å². The van der Waals surface area contributed by atoms with Crippen molar-refractivity contribution in [1.29, 1.82) is 0 Å². The van der Waals surface area contributed by atoms with E-state index in [9.17, 15) is 0 Å². The summed E-state index contributed by atoms with van der Waals surface area (Å²) in [7, 11) is -0.743. The Morgan fingerprint density at radius 3 is 1.79 bits per heavy atom. The summed E-state index contributed by atoms with van der Waals surface area (Å²) in [5, 5.41) is 7.65. The molecule has 1 fully saturated rings. The van der Waals surface area contributed by atoms with Crippen molar-refractivity contribution < 1.29 is 0 Å². The molecule has 176 valence electrons. The lowest BCUT2D eigenvalue weighted by atomic mass is 9.95. The smallest absolute Gasteiger partial charge is 0.0593 e. The molecule has 2 aliphatic rings. The van der Waals surface area contributed by atoms with Gasteiger partial charge in [-0.25, -0.2) is 0 Å². The van der Waals surface area contributed by atoms with Gasteiger partial charge in [-0.3, -0.25) is 0 Å². The number of hydrogen-bond donors (Lipinski definition) is 1. The molecule has 3 aromatic carbocycles. The van der Waals surface area contributed by atoms with E-state index in [1.807, 2.05) is 5.17 Å². The second-order valence-corrected chi connectivity index (χ2v) is 12.7. The van der Waals surface area contributed by atoms with E-state index in [4.69, 9.17) is 0 Å². The van der Waals surface area contributed by atoms with Gasteiger partial charge in [0.2, 0.25) is 0 Å². The van der Waals surface area contributed by atoms with E-state index in [2.05, 4.69) is 90.7 Å². The largest absolute Gasteiger partial charge is 0.300 e. The highest BCUT2D eigenvalue weighted by Crippen LogP contribution is 2.43. The highest BCUT2D eigenvalue weighted by atomic mass is 28.2. The van der Waals surface area contributed by atoms with Crippen molar-refractivity contribution in [2.24, 2.45) is 0 Å². The van der Waals surface area contributed by atoms with Crippen molar-refractivity contribution in [3.05, 3.63) is 90.0 Å². The summed E-state index contributed by atoms with van der Waals surface area (Å²) < 4.78 is 0. The molecular formula is C32H39NSi. The van der Waals surface area contributed by atoms with Crippen molar-refractivity contribution in [3.8, 4) is 11.1 Å². The second kappa shape index (κ2) is 11.4. The first-order valence-corrected chi connectivity index (χ1v) is 15.5. The van der Waals surface area contributed by atoms with Gasteiger partial charge in [0.1, 0.15) is 0 Å². The van der Waals surface area contributed by atoms with E-state index in [1.54, 1.807) is 5.19 Å². The van der Waals surface area contributed by atoms with Gasteiger partial charge in [0.05, 0.1) is 6.04 Å². The SMILES string of the molecule is C[Si](=C1CCCCCCCCCCC1NC1c2ccccc2-c2ccccc21)c1ccccc1. The number of rotatable bonds is 3. The maximum absolute atomic E-state index is 4.27. The molecule has 5 rings (SSSR count). The Bertz CT molecular complexity index is 1070. The van der Waals surface area contributed by atoms with Crippen molar-refractivity contribution in [2.45, 2.75) is 82.8 Å². The third-order valence-electron chi connectivity index (χ3n) is 8.00. The summed E-state index contributed by atoms with van der Waals surface area (Å²) in [6, 6.07) is 30.2. The van der Waals surface area contributed by atoms with Crippen molar-refractivity contribution >= 4 is 18.8 Å². The highest BCUT2D eigenvalue weighted by molar-refractivity contribution is 6.81. The van der Waals surface area contributed by atoms with Crippen LogP contribution in [0.2, 0.25) is 6.55 Å². The Morgan fingerprint density at radius 2 is 1.15 bits per heavy atom. The van der Waals surface area contributed by atoms with Gasteiger partial charge in [-0.15, -0.1) is 0 Å². The van der Waals surface area contributed by atoms with Crippen LogP contribution >= 0.6 is 0 Å². The molecule has 1 saturated carbocycles. The molecule has 0 aromatic heterocycles. The van der Waals surface area contributed by atoms with Crippen LogP contribution < -0.4 is 10.5 Å². The van der Waals surface area contributed by atoms with E-state index in [-0.39, 0.29) is 0 Å². The number of fused-ring (bicyclic) bond motifs is 3. The Labute approximate surface area is 207 Å². The fourth-order valence-electron chi connectivity index (χ4n) is 6.12. The molecule has 2 aliphatic carbocycles. The Balaban J connectivity index is 1.52. The molecule has 0 radical (unpaired) electrons. The maximum Gasteiger partial charge on any atom is 0.0593 e. The summed E-state index contributed by atoms with van der Waals surface area (Å²) in [6.07, 6.45) is 13.7. The monoisotopic (exact) mass is 465 g/mol. The van der Waals surface area contributed by atoms with E-state index in [1.165, 1.54) is 86.5 Å². The van der Waals surface area contributed by atoms with Crippen LogP contribution in [0.4, 0.5) is 0 Å². The molecular weight excluding hydrogens is 426 g/mol. The summed E-state index contributed by atoms with van der Waals surface area (Å²) in [5.74, 6) is 0. The van der Waals surface area contributed by atoms with Crippen molar-refractivity contribution in [2.75, 3.05) is 0 Å². The van der Waals surface area contributed by atoms with Gasteiger partial charge in [-0.1, -0.05) is 136 Å². The summed E-state index contributed by atoms with van der Waals surface area (Å²) in [4.78, 5) is 0. The lowest BCUT2D eigenvalue weighted by Gasteiger charge is -2.29. The fourth-order valence-corrected chi connectivity index (χ4v) is 8.48. The molecule has 1 N–H and O–H groups in total. The molecule has 1 atom stereocenters. The van der Waals surface area contributed by atoms with Gasteiger partial charge in [-0.2, -0.15) is 0 Å². The van der Waals surface area contributed by atoms with Gasteiger partial charge in [0.25, 0.3) is 0 Å². The molecule has 0 aliphatic heterocycles. The maximum atomic E-state index is 4.27. The van der Waals surface area contributed by atoms with Crippen LogP contribution in [0.5, 0.6) is 0 Å². The minimum Gasteiger partial charge on any atom is -0.300 e. The molecule has 2 heteroatoms. The molecule has 3 aromatic rings. The molecule has 0 amide bonds. The molecule has 1 nitrogen and oxygen atoms in total. The third kappa shape index (κ3) is 5.19. The Kier molecular flexibility index (Phi) is 7.88. The standard InChI is InChI=1S/C32H39NSi/c1-34(25-17-9-8-10-18-25)31-24-12-7-5-3-2-4-6-11-23-30(31)33-32-28-21-15-13-19-26(28)27-20-14-16-22-29(27)32/h8-10,13-22,30,32-33H,2-7,11-12,23-24H2,1H3. The van der Waals surface area contributed by atoms with E-state index < -0.39 is 8.41 Å². The predicted molar refractivity (Wildman–Crippen MR) is 150 cm³/mol. The number of hydrogen-bond acceptors (Lipinski definition) is 1. The third-order valence-corrected chi connectivity index (χ3v) is 10.8. The summed E-state index contributed by atoms with van der Waals surface area (Å²) in [6.45, 7) is 2.55. The van der Waals surface area contributed by atoms with Crippen molar-refractivity contribution in [3.63, 3.8) is 0 Å². The molecule has 0 bridgehead atoms. The van der Waals surface area contributed by atoms with E-state index in [0.717, 1.165) is 0 Å². The van der Waals surface area contributed by atoms with Gasteiger partial charge < -0.3 is 5.32 Å². The first-order chi connectivity index (χ1) is 16.8. The van der Waals surface area contributed by atoms with Crippen LogP contribution in [-0.2, 0) is 0 Å². The molecule has 0 heterocycles. The molecule has 1 unspecified atom stereocenters. The summed E-state index contributed by atoms with van der Waals surface area (Å²) in [5.41, 5.74) is 5.74. The minimum atomic E-state index is -0.743. The average Bonchev–Trinajstić information content (AvgIpc) is 3.19. The zero-order chi connectivity index (χ0) is 23.2. The van der Waals surface area contributed by atoms with Crippen LogP contribution in [0.15, 0.2) is 78.9 Å². The minimum absolute atomic E-state index is 0.297. The predicted octanol–water partition coefficient (Wildman–Crippen LogP) is 7.42. The Hall–Kier alpha value is -2.29. The van der Waals surface area contributed by atoms with Gasteiger partial charge in [0.15, 0.2) is 0 Å². The van der Waals surface area contributed by atoms with E-state index >= 15 is 0 Å². The number of benzene rings is 3. The Morgan fingerprint density at radius 1 is 0.618 bits per heavy atom.